The van der Waals surface area contributed by atoms with Crippen LogP contribution in [0.2, 0.25) is 0 Å². The third-order valence-corrected chi connectivity index (χ3v) is 3.22. The van der Waals surface area contributed by atoms with Gasteiger partial charge in [-0.15, -0.1) is 11.3 Å². The van der Waals surface area contributed by atoms with Gasteiger partial charge in [0.25, 0.3) is 0 Å². The number of alkyl halides is 3. The summed E-state index contributed by atoms with van der Waals surface area (Å²) in [6, 6.07) is -0.418. The minimum Gasteiger partial charge on any atom is -0.393 e. The van der Waals surface area contributed by atoms with E-state index in [9.17, 15) is 18.0 Å². The van der Waals surface area contributed by atoms with Crippen LogP contribution < -0.4 is 10.6 Å². The number of aliphatic hydroxyl groups excluding tert-OH is 1. The van der Waals surface area contributed by atoms with E-state index in [4.69, 9.17) is 5.11 Å². The second-order valence-corrected chi connectivity index (χ2v) is 5.14. The van der Waals surface area contributed by atoms with E-state index < -0.39 is 24.0 Å². The zero-order valence-electron chi connectivity index (χ0n) is 10.8. The molecule has 1 unspecified atom stereocenters. The van der Waals surface area contributed by atoms with Crippen molar-refractivity contribution in [1.29, 1.82) is 0 Å². The van der Waals surface area contributed by atoms with Gasteiger partial charge in [-0.2, -0.15) is 13.2 Å². The van der Waals surface area contributed by atoms with Gasteiger partial charge in [0, 0.05) is 24.9 Å². The van der Waals surface area contributed by atoms with E-state index in [2.05, 4.69) is 15.6 Å². The van der Waals surface area contributed by atoms with E-state index in [0.717, 1.165) is 16.7 Å². The quantitative estimate of drug-likeness (QED) is 0.749. The molecule has 1 atom stereocenters. The summed E-state index contributed by atoms with van der Waals surface area (Å²) in [5.74, 6) is 0. The average Bonchev–Trinajstić information content (AvgIpc) is 2.77. The number of hydrogen-bond donors (Lipinski definition) is 3. The third kappa shape index (κ3) is 6.20. The van der Waals surface area contributed by atoms with Crippen molar-refractivity contribution < 1.29 is 23.1 Å². The number of halogens is 3. The number of aliphatic hydroxyl groups is 1. The van der Waals surface area contributed by atoms with Gasteiger partial charge < -0.3 is 15.7 Å². The van der Waals surface area contributed by atoms with Crippen molar-refractivity contribution in [3.05, 3.63) is 16.1 Å². The molecular weight excluding hydrogens is 295 g/mol. The van der Waals surface area contributed by atoms with E-state index in [1.807, 2.05) is 0 Å². The molecule has 0 radical (unpaired) electrons. The van der Waals surface area contributed by atoms with Crippen molar-refractivity contribution in [2.75, 3.05) is 13.1 Å². The molecule has 1 rings (SSSR count). The molecule has 0 spiro atoms. The van der Waals surface area contributed by atoms with E-state index in [1.165, 1.54) is 0 Å². The van der Waals surface area contributed by atoms with Gasteiger partial charge in [0.1, 0.15) is 0 Å². The largest absolute Gasteiger partial charge is 0.434 e. The highest BCUT2D eigenvalue weighted by Crippen LogP contribution is 2.29. The fourth-order valence-electron chi connectivity index (χ4n) is 1.30. The van der Waals surface area contributed by atoms with Crippen molar-refractivity contribution in [3.8, 4) is 0 Å². The molecule has 0 saturated carbocycles. The van der Waals surface area contributed by atoms with Gasteiger partial charge in [-0.05, 0) is 13.3 Å². The maximum atomic E-state index is 12.3. The molecule has 9 heteroatoms. The number of carbonyl (C=O) groups is 1. The number of aromatic nitrogens is 1. The van der Waals surface area contributed by atoms with Crippen LogP contribution in [0.25, 0.3) is 0 Å². The molecule has 0 aromatic carbocycles. The summed E-state index contributed by atoms with van der Waals surface area (Å²) < 4.78 is 36.9. The zero-order valence-corrected chi connectivity index (χ0v) is 11.6. The Balaban J connectivity index is 2.24. The first-order chi connectivity index (χ1) is 9.29. The van der Waals surface area contributed by atoms with Gasteiger partial charge in [0.15, 0.2) is 5.69 Å². The van der Waals surface area contributed by atoms with Crippen LogP contribution >= 0.6 is 11.3 Å². The fraction of sp³-hybridized carbons (Fsp3) is 0.636. The van der Waals surface area contributed by atoms with Crippen LogP contribution in [0.5, 0.6) is 0 Å². The highest BCUT2D eigenvalue weighted by molar-refractivity contribution is 7.09. The van der Waals surface area contributed by atoms with E-state index in [0.29, 0.717) is 18.0 Å². The van der Waals surface area contributed by atoms with Gasteiger partial charge in [-0.1, -0.05) is 0 Å². The van der Waals surface area contributed by atoms with E-state index in [1.54, 1.807) is 6.92 Å². The van der Waals surface area contributed by atoms with E-state index >= 15 is 0 Å². The van der Waals surface area contributed by atoms with Crippen LogP contribution in [0.3, 0.4) is 0 Å². The van der Waals surface area contributed by atoms with E-state index in [-0.39, 0.29) is 13.0 Å². The summed E-state index contributed by atoms with van der Waals surface area (Å²) in [4.78, 5) is 14.7. The normalized spacial score (nSPS) is 13.1. The van der Waals surface area contributed by atoms with Gasteiger partial charge in [-0.3, -0.25) is 0 Å². The lowest BCUT2D eigenvalue weighted by Gasteiger charge is -2.07. The lowest BCUT2D eigenvalue weighted by atomic mass is 10.3. The first-order valence-electron chi connectivity index (χ1n) is 6.00. The smallest absolute Gasteiger partial charge is 0.393 e. The van der Waals surface area contributed by atoms with Crippen molar-refractivity contribution in [3.63, 3.8) is 0 Å². The number of thiazole rings is 1. The Morgan fingerprint density at radius 2 is 2.10 bits per heavy atom. The maximum absolute atomic E-state index is 12.3. The molecule has 5 nitrogen and oxygen atoms in total. The second-order valence-electron chi connectivity index (χ2n) is 4.19. The van der Waals surface area contributed by atoms with Crippen molar-refractivity contribution in [2.45, 2.75) is 32.0 Å². The number of amides is 2. The molecule has 20 heavy (non-hydrogen) atoms. The molecule has 3 N–H and O–H groups in total. The van der Waals surface area contributed by atoms with Gasteiger partial charge >= 0.3 is 12.2 Å². The predicted molar refractivity (Wildman–Crippen MR) is 68.5 cm³/mol. The molecule has 0 aliphatic carbocycles. The summed E-state index contributed by atoms with van der Waals surface area (Å²) in [5.41, 5.74) is -0.904. The minimum absolute atomic E-state index is 0.200. The minimum atomic E-state index is -4.43. The van der Waals surface area contributed by atoms with Crippen molar-refractivity contribution >= 4 is 17.4 Å². The Kier molecular flexibility index (Phi) is 6.21. The number of rotatable bonds is 6. The molecule has 2 amide bonds. The highest BCUT2D eigenvalue weighted by Gasteiger charge is 2.33. The first kappa shape index (κ1) is 16.7. The summed E-state index contributed by atoms with van der Waals surface area (Å²) in [6.07, 6.45) is -4.24. The van der Waals surface area contributed by atoms with Crippen LogP contribution in [0.15, 0.2) is 5.38 Å². The molecule has 1 aromatic rings. The number of hydrogen-bond acceptors (Lipinski definition) is 4. The Bertz CT molecular complexity index is 435. The standard InChI is InChI=1S/C11H16F3N3O2S/c1-7(18)2-4-15-10(19)16-5-3-9-17-8(6-20-9)11(12,13)14/h6-7,18H,2-5H2,1H3,(H2,15,16,19). The van der Waals surface area contributed by atoms with Crippen molar-refractivity contribution in [2.24, 2.45) is 0 Å². The number of nitrogens with zero attached hydrogens (tertiary/aromatic N) is 1. The van der Waals surface area contributed by atoms with Crippen LogP contribution in [-0.2, 0) is 12.6 Å². The van der Waals surface area contributed by atoms with Gasteiger partial charge in [0.05, 0.1) is 11.1 Å². The summed E-state index contributed by atoms with van der Waals surface area (Å²) in [6.45, 7) is 2.14. The molecule has 1 heterocycles. The van der Waals surface area contributed by atoms with Crippen LogP contribution in [-0.4, -0.2) is 35.3 Å². The third-order valence-electron chi connectivity index (χ3n) is 2.31. The molecule has 0 bridgehead atoms. The number of nitrogens with one attached hydrogen (secondary N) is 2. The lowest BCUT2D eigenvalue weighted by Crippen LogP contribution is -2.37. The second kappa shape index (κ2) is 7.44. The fourth-order valence-corrected chi connectivity index (χ4v) is 2.10. The Hall–Kier alpha value is -1.35. The predicted octanol–water partition coefficient (Wildman–Crippen LogP) is 1.77. The Labute approximate surface area is 118 Å². The maximum Gasteiger partial charge on any atom is 0.434 e. The zero-order chi connectivity index (χ0) is 15.2. The average molecular weight is 311 g/mol. The molecule has 0 aliphatic rings. The number of urea groups is 1. The highest BCUT2D eigenvalue weighted by atomic mass is 32.1. The van der Waals surface area contributed by atoms with Gasteiger partial charge in [0.2, 0.25) is 0 Å². The van der Waals surface area contributed by atoms with Crippen LogP contribution in [0.4, 0.5) is 18.0 Å². The summed E-state index contributed by atoms with van der Waals surface area (Å²) >= 11 is 0.914. The molecule has 0 fully saturated rings. The first-order valence-corrected chi connectivity index (χ1v) is 6.88. The Morgan fingerprint density at radius 1 is 1.45 bits per heavy atom. The van der Waals surface area contributed by atoms with Crippen molar-refractivity contribution in [1.82, 2.24) is 15.6 Å². The molecule has 0 aliphatic heterocycles. The summed E-state index contributed by atoms with van der Waals surface area (Å²) in [7, 11) is 0. The molecular formula is C11H16F3N3O2S. The topological polar surface area (TPSA) is 74.2 Å². The molecule has 0 saturated heterocycles. The Morgan fingerprint density at radius 3 is 2.65 bits per heavy atom. The monoisotopic (exact) mass is 311 g/mol. The number of carbonyl (C=O) groups excluding carboxylic acids is 1. The molecule has 1 aromatic heterocycles. The van der Waals surface area contributed by atoms with Crippen LogP contribution in [0, 0.1) is 0 Å². The lowest BCUT2D eigenvalue weighted by molar-refractivity contribution is -0.140. The molecule has 114 valence electrons. The SMILES string of the molecule is CC(O)CCNC(=O)NCCc1nc(C(F)(F)F)cs1. The van der Waals surface area contributed by atoms with Gasteiger partial charge in [-0.25, -0.2) is 9.78 Å². The summed E-state index contributed by atoms with van der Waals surface area (Å²) in [5, 5.41) is 15.3. The van der Waals surface area contributed by atoms with Crippen LogP contribution in [0.1, 0.15) is 24.0 Å².